The molecular formula is C17H14F2N2O3S. The largest absolute Gasteiger partial charge is 0.468 e. The molecule has 0 radical (unpaired) electrons. The Bertz CT molecular complexity index is 925. The number of sulfonamides is 1. The van der Waals surface area contributed by atoms with Crippen LogP contribution in [0.4, 0.5) is 8.78 Å². The zero-order valence-electron chi connectivity index (χ0n) is 13.0. The van der Waals surface area contributed by atoms with Gasteiger partial charge in [0.2, 0.25) is 10.0 Å². The van der Waals surface area contributed by atoms with Crippen LogP contribution in [0.15, 0.2) is 70.4 Å². The van der Waals surface area contributed by atoms with E-state index >= 15 is 0 Å². The van der Waals surface area contributed by atoms with Crippen LogP contribution in [0.25, 0.3) is 0 Å². The first-order valence-electron chi connectivity index (χ1n) is 7.33. The molecule has 0 N–H and O–H groups in total. The van der Waals surface area contributed by atoms with Crippen molar-refractivity contribution in [2.24, 2.45) is 0 Å². The SMILES string of the molecule is O=S(=O)(c1cc(F)cc(F)c1)N(Cc1cccnc1)Cc1ccco1. The summed E-state index contributed by atoms with van der Waals surface area (Å²) in [4.78, 5) is 3.49. The van der Waals surface area contributed by atoms with E-state index in [0.717, 1.165) is 16.4 Å². The molecule has 1 aromatic carbocycles. The summed E-state index contributed by atoms with van der Waals surface area (Å²) in [5.74, 6) is -1.51. The highest BCUT2D eigenvalue weighted by Gasteiger charge is 2.27. The number of benzene rings is 1. The molecule has 0 aliphatic heterocycles. The molecule has 2 aromatic heterocycles. The number of rotatable bonds is 6. The van der Waals surface area contributed by atoms with Crippen molar-refractivity contribution in [2.45, 2.75) is 18.0 Å². The maximum atomic E-state index is 13.5. The Kier molecular flexibility index (Phi) is 4.91. The fraction of sp³-hybridized carbons (Fsp3) is 0.118. The van der Waals surface area contributed by atoms with Crippen LogP contribution in [0.3, 0.4) is 0 Å². The third-order valence-corrected chi connectivity index (χ3v) is 5.24. The average Bonchev–Trinajstić information content (AvgIpc) is 3.07. The second kappa shape index (κ2) is 7.12. The number of aromatic nitrogens is 1. The van der Waals surface area contributed by atoms with E-state index in [1.165, 1.54) is 12.5 Å². The van der Waals surface area contributed by atoms with E-state index in [-0.39, 0.29) is 13.1 Å². The molecule has 130 valence electrons. The fourth-order valence-electron chi connectivity index (χ4n) is 2.32. The highest BCUT2D eigenvalue weighted by molar-refractivity contribution is 7.89. The summed E-state index contributed by atoms with van der Waals surface area (Å²) in [6.45, 7) is -0.0998. The third kappa shape index (κ3) is 4.09. The molecule has 0 saturated heterocycles. The van der Waals surface area contributed by atoms with Crippen LogP contribution in [0, 0.1) is 11.6 Å². The van der Waals surface area contributed by atoms with Gasteiger partial charge in [0.1, 0.15) is 17.4 Å². The number of hydrogen-bond acceptors (Lipinski definition) is 4. The van der Waals surface area contributed by atoms with Gasteiger partial charge >= 0.3 is 0 Å². The maximum Gasteiger partial charge on any atom is 0.244 e. The van der Waals surface area contributed by atoms with Crippen LogP contribution < -0.4 is 0 Å². The van der Waals surface area contributed by atoms with Crippen molar-refractivity contribution in [1.29, 1.82) is 0 Å². The van der Waals surface area contributed by atoms with Crippen molar-refractivity contribution < 1.29 is 21.6 Å². The second-order valence-electron chi connectivity index (χ2n) is 5.32. The molecule has 0 spiro atoms. The number of furan rings is 1. The average molecular weight is 364 g/mol. The van der Waals surface area contributed by atoms with Gasteiger partial charge in [-0.2, -0.15) is 4.31 Å². The van der Waals surface area contributed by atoms with Crippen LogP contribution >= 0.6 is 0 Å². The van der Waals surface area contributed by atoms with Gasteiger partial charge in [-0.05, 0) is 35.9 Å². The van der Waals surface area contributed by atoms with Crippen LogP contribution in [0.2, 0.25) is 0 Å². The van der Waals surface area contributed by atoms with Gasteiger partial charge in [-0.15, -0.1) is 0 Å². The van der Waals surface area contributed by atoms with Crippen molar-refractivity contribution in [3.63, 3.8) is 0 Å². The molecule has 3 aromatic rings. The van der Waals surface area contributed by atoms with E-state index in [1.807, 2.05) is 0 Å². The topological polar surface area (TPSA) is 63.4 Å². The highest BCUT2D eigenvalue weighted by atomic mass is 32.2. The molecule has 0 aliphatic carbocycles. The zero-order chi connectivity index (χ0) is 17.9. The van der Waals surface area contributed by atoms with E-state index in [2.05, 4.69) is 4.98 Å². The van der Waals surface area contributed by atoms with Gasteiger partial charge in [0.25, 0.3) is 0 Å². The Morgan fingerprint density at radius 1 is 1.04 bits per heavy atom. The molecule has 3 rings (SSSR count). The standard InChI is InChI=1S/C17H14F2N2O3S/c18-14-7-15(19)9-17(8-14)25(22,23)21(12-16-4-2-6-24-16)11-13-3-1-5-20-10-13/h1-10H,11-12H2. The molecule has 0 atom stereocenters. The van der Waals surface area contributed by atoms with Crippen molar-refractivity contribution in [3.8, 4) is 0 Å². The second-order valence-corrected chi connectivity index (χ2v) is 7.26. The lowest BCUT2D eigenvalue weighted by molar-refractivity contribution is 0.358. The summed E-state index contributed by atoms with van der Waals surface area (Å²) < 4.78 is 59.0. The molecule has 5 nitrogen and oxygen atoms in total. The summed E-state index contributed by atoms with van der Waals surface area (Å²) in [7, 11) is -4.15. The molecule has 0 fully saturated rings. The summed E-state index contributed by atoms with van der Waals surface area (Å²) in [5, 5.41) is 0. The monoisotopic (exact) mass is 364 g/mol. The minimum atomic E-state index is -4.15. The lowest BCUT2D eigenvalue weighted by Gasteiger charge is -2.21. The fourth-order valence-corrected chi connectivity index (χ4v) is 3.76. The first-order chi connectivity index (χ1) is 11.9. The zero-order valence-corrected chi connectivity index (χ0v) is 13.8. The molecule has 0 aliphatic rings. The van der Waals surface area contributed by atoms with E-state index in [9.17, 15) is 17.2 Å². The predicted octanol–water partition coefficient (Wildman–Crippen LogP) is 3.34. The molecule has 0 saturated carbocycles. The van der Waals surface area contributed by atoms with Gasteiger partial charge in [0, 0.05) is 25.0 Å². The van der Waals surface area contributed by atoms with Crippen molar-refractivity contribution in [2.75, 3.05) is 0 Å². The summed E-state index contributed by atoms with van der Waals surface area (Å²) in [6.07, 6.45) is 4.51. The van der Waals surface area contributed by atoms with E-state index in [0.29, 0.717) is 17.4 Å². The molecule has 0 bridgehead atoms. The Hall–Kier alpha value is -2.58. The first-order valence-corrected chi connectivity index (χ1v) is 8.77. The van der Waals surface area contributed by atoms with E-state index in [4.69, 9.17) is 4.42 Å². The third-order valence-electron chi connectivity index (χ3n) is 3.47. The quantitative estimate of drug-likeness (QED) is 0.673. The molecule has 2 heterocycles. The van der Waals surface area contributed by atoms with Gasteiger partial charge in [-0.1, -0.05) is 6.07 Å². The molecule has 0 unspecified atom stereocenters. The first kappa shape index (κ1) is 17.2. The smallest absolute Gasteiger partial charge is 0.244 e. The van der Waals surface area contributed by atoms with Crippen LogP contribution in [0.5, 0.6) is 0 Å². The lowest BCUT2D eigenvalue weighted by atomic mass is 10.3. The Balaban J connectivity index is 1.99. The van der Waals surface area contributed by atoms with Crippen molar-refractivity contribution in [3.05, 3.63) is 84.1 Å². The number of pyridine rings is 1. The number of halogens is 2. The molecular weight excluding hydrogens is 350 g/mol. The highest BCUT2D eigenvalue weighted by Crippen LogP contribution is 2.22. The minimum absolute atomic E-state index is 0.0188. The predicted molar refractivity (Wildman–Crippen MR) is 85.7 cm³/mol. The summed E-state index contributed by atoms with van der Waals surface area (Å²) >= 11 is 0. The van der Waals surface area contributed by atoms with E-state index < -0.39 is 26.6 Å². The molecule has 0 amide bonds. The maximum absolute atomic E-state index is 13.5. The summed E-state index contributed by atoms with van der Waals surface area (Å²) in [5.41, 5.74) is 0.634. The number of hydrogen-bond donors (Lipinski definition) is 0. The van der Waals surface area contributed by atoms with Gasteiger partial charge in [-0.25, -0.2) is 17.2 Å². The van der Waals surface area contributed by atoms with Gasteiger partial charge < -0.3 is 4.42 Å². The van der Waals surface area contributed by atoms with Crippen LogP contribution in [-0.2, 0) is 23.1 Å². The van der Waals surface area contributed by atoms with Crippen LogP contribution in [0.1, 0.15) is 11.3 Å². The molecule has 25 heavy (non-hydrogen) atoms. The van der Waals surface area contributed by atoms with Gasteiger partial charge in [0.05, 0.1) is 17.7 Å². The normalized spacial score (nSPS) is 11.8. The Morgan fingerprint density at radius 3 is 2.40 bits per heavy atom. The molecule has 8 heteroatoms. The van der Waals surface area contributed by atoms with Crippen LogP contribution in [-0.4, -0.2) is 17.7 Å². The minimum Gasteiger partial charge on any atom is -0.468 e. The van der Waals surface area contributed by atoms with Crippen molar-refractivity contribution >= 4 is 10.0 Å². The number of nitrogens with zero attached hydrogens (tertiary/aromatic N) is 2. The van der Waals surface area contributed by atoms with Crippen molar-refractivity contribution in [1.82, 2.24) is 9.29 Å². The lowest BCUT2D eigenvalue weighted by Crippen LogP contribution is -2.30. The van der Waals surface area contributed by atoms with Gasteiger partial charge in [0.15, 0.2) is 0 Å². The van der Waals surface area contributed by atoms with Gasteiger partial charge in [-0.3, -0.25) is 4.98 Å². The Morgan fingerprint density at radius 2 is 1.80 bits per heavy atom. The summed E-state index contributed by atoms with van der Waals surface area (Å²) in [6, 6.07) is 8.84. The Labute approximate surface area is 143 Å². The van der Waals surface area contributed by atoms with E-state index in [1.54, 1.807) is 30.5 Å².